The SMILES string of the molecule is CO[C@@]1(N=Cc2cc(C(C)C)c(O)c(C(C)C)c2)C(=O)N2C(C(=O)[O-])=C(COC(C)=O)CS[C@H]21.[Li+]. The third-order valence-electron chi connectivity index (χ3n) is 5.88. The summed E-state index contributed by atoms with van der Waals surface area (Å²) in [5.74, 6) is -2.13. The maximum atomic E-state index is 13.2. The minimum atomic E-state index is -1.60. The minimum Gasteiger partial charge on any atom is -0.543 e. The molecule has 1 saturated heterocycles. The number of hydrogen-bond acceptors (Lipinski definition) is 9. The van der Waals surface area contributed by atoms with Crippen LogP contribution in [0.4, 0.5) is 0 Å². The topological polar surface area (TPSA) is 129 Å². The van der Waals surface area contributed by atoms with Crippen molar-refractivity contribution in [2.45, 2.75) is 57.6 Å². The molecule has 9 nitrogen and oxygen atoms in total. The van der Waals surface area contributed by atoms with E-state index in [2.05, 4.69) is 4.99 Å². The molecule has 2 aliphatic heterocycles. The Morgan fingerprint density at radius 1 is 1.29 bits per heavy atom. The van der Waals surface area contributed by atoms with Gasteiger partial charge in [0.25, 0.3) is 11.6 Å². The van der Waals surface area contributed by atoms with Gasteiger partial charge in [0.2, 0.25) is 0 Å². The fraction of sp³-hybridized carbons (Fsp3) is 0.500. The quantitative estimate of drug-likeness (QED) is 0.208. The first-order valence-electron chi connectivity index (χ1n) is 10.9. The van der Waals surface area contributed by atoms with E-state index in [1.807, 2.05) is 39.8 Å². The maximum Gasteiger partial charge on any atom is 1.00 e. The number of hydrogen-bond donors (Lipinski definition) is 1. The number of aliphatic imine (C=N–C) groups is 1. The fourth-order valence-corrected chi connectivity index (χ4v) is 5.46. The van der Waals surface area contributed by atoms with Crippen LogP contribution in [0.25, 0.3) is 0 Å². The number of nitrogens with zero attached hydrogens (tertiary/aromatic N) is 2. The third kappa shape index (κ3) is 5.31. The van der Waals surface area contributed by atoms with Crippen LogP contribution in [0.15, 0.2) is 28.4 Å². The molecule has 1 fully saturated rings. The molecule has 3 rings (SSSR count). The Morgan fingerprint density at radius 2 is 1.86 bits per heavy atom. The van der Waals surface area contributed by atoms with Crippen LogP contribution in [0, 0.1) is 0 Å². The van der Waals surface area contributed by atoms with E-state index in [1.165, 1.54) is 32.0 Å². The number of carbonyl (C=O) groups excluding carboxylic acids is 3. The molecule has 0 saturated carbocycles. The van der Waals surface area contributed by atoms with E-state index in [9.17, 15) is 24.6 Å². The summed E-state index contributed by atoms with van der Waals surface area (Å²) >= 11 is 1.27. The molecule has 1 amide bonds. The monoisotopic (exact) mass is 496 g/mol. The number of phenolic OH excluding ortho intramolecular Hbond substituents is 1. The summed E-state index contributed by atoms with van der Waals surface area (Å²) in [6.45, 7) is 8.88. The predicted octanol–water partition coefficient (Wildman–Crippen LogP) is -1.11. The van der Waals surface area contributed by atoms with Crippen molar-refractivity contribution in [3.8, 4) is 5.75 Å². The van der Waals surface area contributed by atoms with Gasteiger partial charge in [-0.2, -0.15) is 0 Å². The molecule has 0 unspecified atom stereocenters. The van der Waals surface area contributed by atoms with E-state index < -0.39 is 28.9 Å². The Morgan fingerprint density at radius 3 is 2.31 bits per heavy atom. The number of esters is 1. The van der Waals surface area contributed by atoms with E-state index >= 15 is 0 Å². The van der Waals surface area contributed by atoms with Crippen LogP contribution >= 0.6 is 11.8 Å². The molecule has 2 heterocycles. The number of β-lactam (4-membered cyclic amide) rings is 1. The normalized spacial score (nSPS) is 21.8. The van der Waals surface area contributed by atoms with Crippen LogP contribution < -0.4 is 24.0 Å². The van der Waals surface area contributed by atoms with Crippen molar-refractivity contribution in [1.29, 1.82) is 0 Å². The van der Waals surface area contributed by atoms with E-state index in [4.69, 9.17) is 9.47 Å². The van der Waals surface area contributed by atoms with Crippen molar-refractivity contribution < 1.29 is 52.9 Å². The van der Waals surface area contributed by atoms with Gasteiger partial charge in [-0.3, -0.25) is 14.5 Å². The number of ether oxygens (including phenoxy) is 2. The summed E-state index contributed by atoms with van der Waals surface area (Å²) in [6.07, 6.45) is 1.52. The first-order valence-corrected chi connectivity index (χ1v) is 12.0. The number of carbonyl (C=O) groups is 3. The third-order valence-corrected chi connectivity index (χ3v) is 7.24. The molecule has 35 heavy (non-hydrogen) atoms. The van der Waals surface area contributed by atoms with E-state index in [0.29, 0.717) is 5.56 Å². The molecular weight excluding hydrogens is 467 g/mol. The number of fused-ring (bicyclic) bond motifs is 1. The van der Waals surface area contributed by atoms with Crippen molar-refractivity contribution in [3.63, 3.8) is 0 Å². The zero-order valence-electron chi connectivity index (χ0n) is 21.1. The number of phenols is 1. The van der Waals surface area contributed by atoms with Gasteiger partial charge in [0.1, 0.15) is 17.7 Å². The van der Waals surface area contributed by atoms with Crippen LogP contribution in [0.2, 0.25) is 0 Å². The molecule has 0 spiro atoms. The number of thioether (sulfide) groups is 1. The molecule has 0 radical (unpaired) electrons. The number of carboxylic acid groups (broad SMARTS) is 1. The molecule has 11 heteroatoms. The van der Waals surface area contributed by atoms with Gasteiger partial charge in [0, 0.05) is 31.6 Å². The summed E-state index contributed by atoms with van der Waals surface area (Å²) < 4.78 is 10.5. The van der Waals surface area contributed by atoms with Gasteiger partial charge in [-0.25, -0.2) is 4.99 Å². The summed E-state index contributed by atoms with van der Waals surface area (Å²) in [7, 11) is 1.35. The summed E-state index contributed by atoms with van der Waals surface area (Å²) in [5, 5.41) is 21.8. The minimum absolute atomic E-state index is 0. The Kier molecular flexibility index (Phi) is 9.28. The average Bonchev–Trinajstić information content (AvgIpc) is 2.77. The molecule has 0 aromatic heterocycles. The first kappa shape index (κ1) is 29.0. The molecule has 2 aliphatic rings. The van der Waals surface area contributed by atoms with Gasteiger partial charge in [-0.1, -0.05) is 27.7 Å². The van der Waals surface area contributed by atoms with Crippen molar-refractivity contribution in [1.82, 2.24) is 4.90 Å². The fourth-order valence-electron chi connectivity index (χ4n) is 4.05. The van der Waals surface area contributed by atoms with Crippen molar-refractivity contribution in [2.75, 3.05) is 19.5 Å². The number of rotatable bonds is 8. The molecule has 0 bridgehead atoms. The second-order valence-corrected chi connectivity index (χ2v) is 9.94. The van der Waals surface area contributed by atoms with E-state index in [1.54, 1.807) is 0 Å². The molecule has 1 N–H and O–H groups in total. The van der Waals surface area contributed by atoms with E-state index in [-0.39, 0.29) is 60.1 Å². The first-order chi connectivity index (χ1) is 15.9. The summed E-state index contributed by atoms with van der Waals surface area (Å²) in [5.41, 5.74) is 0.591. The molecule has 0 aliphatic carbocycles. The zero-order chi connectivity index (χ0) is 25.4. The van der Waals surface area contributed by atoms with Gasteiger partial charge in [0.05, 0.1) is 11.7 Å². The Hall–Kier alpha value is -2.25. The Balaban J connectivity index is 0.00000432. The van der Waals surface area contributed by atoms with Crippen LogP contribution in [-0.4, -0.2) is 64.6 Å². The molecule has 184 valence electrons. The van der Waals surface area contributed by atoms with Crippen LogP contribution in [0.1, 0.15) is 63.1 Å². The number of aliphatic carboxylic acids is 1. The molecule has 1 aromatic carbocycles. The van der Waals surface area contributed by atoms with Gasteiger partial charge < -0.3 is 24.5 Å². The second-order valence-electron chi connectivity index (χ2n) is 8.87. The van der Waals surface area contributed by atoms with Crippen LogP contribution in [0.3, 0.4) is 0 Å². The Bertz CT molecular complexity index is 1060. The zero-order valence-corrected chi connectivity index (χ0v) is 21.9. The van der Waals surface area contributed by atoms with Crippen molar-refractivity contribution in [3.05, 3.63) is 40.1 Å². The second kappa shape index (κ2) is 11.2. The number of benzene rings is 1. The van der Waals surface area contributed by atoms with Crippen molar-refractivity contribution in [2.24, 2.45) is 4.99 Å². The Labute approximate surface area is 221 Å². The number of methoxy groups -OCH3 is 1. The predicted molar refractivity (Wildman–Crippen MR) is 125 cm³/mol. The van der Waals surface area contributed by atoms with Gasteiger partial charge >= 0.3 is 24.8 Å². The average molecular weight is 497 g/mol. The standard InChI is InChI=1S/C24H30N2O7S.Li/c1-12(2)17-7-15(8-18(13(3)4)20(17)28)9-25-24(32-6)22(31)26-19(21(29)30)16(10-33-14(5)27)11-34-23(24)26;/h7-9,12-13,23,28H,10-11H2,1-6H3,(H,29,30);/q;+1/p-1/t23-,24-;/m0./s1. The number of amides is 1. The van der Waals surface area contributed by atoms with Crippen LogP contribution in [0.5, 0.6) is 5.75 Å². The molecular formula is C24H29LiN2O7S. The molecule has 1 aromatic rings. The van der Waals surface area contributed by atoms with Gasteiger partial charge in [-0.15, -0.1) is 11.8 Å². The number of carboxylic acids is 1. The van der Waals surface area contributed by atoms with Crippen LogP contribution in [-0.2, 0) is 23.9 Å². The van der Waals surface area contributed by atoms with E-state index in [0.717, 1.165) is 16.0 Å². The van der Waals surface area contributed by atoms with Gasteiger partial charge in [0.15, 0.2) is 0 Å². The largest absolute Gasteiger partial charge is 1.00 e. The summed E-state index contributed by atoms with van der Waals surface area (Å²) in [4.78, 5) is 41.7. The maximum absolute atomic E-state index is 13.2. The smallest absolute Gasteiger partial charge is 0.543 e. The van der Waals surface area contributed by atoms with Gasteiger partial charge in [-0.05, 0) is 40.7 Å². The molecule has 2 atom stereocenters. The number of aromatic hydroxyl groups is 1. The summed E-state index contributed by atoms with van der Waals surface area (Å²) in [6, 6.07) is 3.63. The van der Waals surface area contributed by atoms with Crippen molar-refractivity contribution >= 4 is 35.8 Å².